The molecule has 1 aromatic carbocycles. The third-order valence-electron chi connectivity index (χ3n) is 2.97. The number of pyridine rings is 1. The Kier molecular flexibility index (Phi) is 4.46. The number of carbonyl (C=O) groups is 1. The number of halogens is 1. The lowest BCUT2D eigenvalue weighted by molar-refractivity contribution is 0.0951. The van der Waals surface area contributed by atoms with Crippen molar-refractivity contribution < 1.29 is 4.79 Å². The van der Waals surface area contributed by atoms with Crippen LogP contribution in [-0.2, 0) is 6.54 Å². The fourth-order valence-electron chi connectivity index (χ4n) is 1.91. The van der Waals surface area contributed by atoms with Crippen molar-refractivity contribution in [3.63, 3.8) is 0 Å². The lowest BCUT2D eigenvalue weighted by Gasteiger charge is -2.03. The van der Waals surface area contributed by atoms with E-state index in [-0.39, 0.29) is 5.91 Å². The van der Waals surface area contributed by atoms with Crippen molar-refractivity contribution in [3.05, 3.63) is 69.6 Å². The number of benzene rings is 1. The molecule has 0 unspecified atom stereocenters. The highest BCUT2D eigenvalue weighted by molar-refractivity contribution is 7.09. The quantitative estimate of drug-likeness (QED) is 0.792. The minimum atomic E-state index is -0.169. The molecular weight excluding hydrogens is 318 g/mol. The molecule has 0 radical (unpaired) electrons. The minimum Gasteiger partial charge on any atom is -0.346 e. The molecule has 1 amide bonds. The van der Waals surface area contributed by atoms with E-state index in [1.165, 1.54) is 11.3 Å². The molecule has 0 aliphatic carbocycles. The van der Waals surface area contributed by atoms with E-state index >= 15 is 0 Å². The van der Waals surface area contributed by atoms with E-state index in [1.807, 2.05) is 23.6 Å². The van der Waals surface area contributed by atoms with E-state index in [9.17, 15) is 4.79 Å². The molecule has 0 aliphatic rings. The van der Waals surface area contributed by atoms with E-state index in [2.05, 4.69) is 15.3 Å². The first kappa shape index (κ1) is 14.7. The number of aromatic nitrogens is 2. The van der Waals surface area contributed by atoms with E-state index in [1.54, 1.807) is 30.5 Å². The minimum absolute atomic E-state index is 0.169. The predicted molar refractivity (Wildman–Crippen MR) is 88.0 cm³/mol. The molecule has 0 fully saturated rings. The van der Waals surface area contributed by atoms with E-state index in [0.29, 0.717) is 17.1 Å². The topological polar surface area (TPSA) is 54.9 Å². The second-order valence-corrected chi connectivity index (χ2v) is 5.91. The first-order valence-electron chi connectivity index (χ1n) is 6.62. The summed E-state index contributed by atoms with van der Waals surface area (Å²) in [4.78, 5) is 20.8. The number of carbonyl (C=O) groups excluding carboxylic acids is 1. The molecule has 0 bridgehead atoms. The summed E-state index contributed by atoms with van der Waals surface area (Å²) in [6, 6.07) is 12.5. The Labute approximate surface area is 136 Å². The second kappa shape index (κ2) is 6.68. The van der Waals surface area contributed by atoms with Gasteiger partial charge in [0.2, 0.25) is 0 Å². The van der Waals surface area contributed by atoms with Gasteiger partial charge in [-0.3, -0.25) is 9.78 Å². The van der Waals surface area contributed by atoms with Crippen LogP contribution >= 0.6 is 22.9 Å². The largest absolute Gasteiger partial charge is 0.346 e. The van der Waals surface area contributed by atoms with Gasteiger partial charge in [0.25, 0.3) is 5.91 Å². The van der Waals surface area contributed by atoms with Crippen molar-refractivity contribution in [3.8, 4) is 11.4 Å². The number of hydrogen-bond donors (Lipinski definition) is 1. The predicted octanol–water partition coefficient (Wildman–Crippen LogP) is 3.79. The first-order valence-corrected chi connectivity index (χ1v) is 7.88. The van der Waals surface area contributed by atoms with Crippen LogP contribution in [0.4, 0.5) is 0 Å². The summed E-state index contributed by atoms with van der Waals surface area (Å²) in [5.74, 6) is -0.169. The normalized spacial score (nSPS) is 10.4. The number of nitrogens with one attached hydrogen (secondary N) is 1. The zero-order chi connectivity index (χ0) is 15.4. The van der Waals surface area contributed by atoms with Crippen LogP contribution in [0.2, 0.25) is 5.02 Å². The maximum absolute atomic E-state index is 12.0. The fourth-order valence-corrected chi connectivity index (χ4v) is 2.83. The number of rotatable bonds is 4. The maximum Gasteiger partial charge on any atom is 0.251 e. The van der Waals surface area contributed by atoms with Gasteiger partial charge in [0.1, 0.15) is 5.01 Å². The number of thiazole rings is 1. The van der Waals surface area contributed by atoms with Gasteiger partial charge in [-0.2, -0.15) is 0 Å². The van der Waals surface area contributed by atoms with Crippen molar-refractivity contribution in [1.82, 2.24) is 15.3 Å². The Morgan fingerprint density at radius 3 is 2.86 bits per heavy atom. The van der Waals surface area contributed by atoms with Crippen LogP contribution in [0.15, 0.2) is 54.0 Å². The number of nitrogens with zero attached hydrogens (tertiary/aromatic N) is 2. The number of amides is 1. The summed E-state index contributed by atoms with van der Waals surface area (Å²) in [6.07, 6.45) is 1.73. The van der Waals surface area contributed by atoms with Gasteiger partial charge >= 0.3 is 0 Å². The van der Waals surface area contributed by atoms with Crippen molar-refractivity contribution >= 4 is 28.8 Å². The van der Waals surface area contributed by atoms with E-state index < -0.39 is 0 Å². The molecule has 0 saturated heterocycles. The molecule has 3 rings (SSSR count). The standard InChI is InChI=1S/C16H12ClN3OS/c17-12-5-3-4-11(8-12)16(21)19-9-15-20-14(10-22-15)13-6-1-2-7-18-13/h1-8,10H,9H2,(H,19,21). The molecule has 22 heavy (non-hydrogen) atoms. The molecule has 1 N–H and O–H groups in total. The van der Waals surface area contributed by atoms with Crippen molar-refractivity contribution in [2.75, 3.05) is 0 Å². The van der Waals surface area contributed by atoms with Crippen LogP contribution in [0.3, 0.4) is 0 Å². The van der Waals surface area contributed by atoms with Crippen molar-refractivity contribution in [1.29, 1.82) is 0 Å². The van der Waals surface area contributed by atoms with Crippen molar-refractivity contribution in [2.24, 2.45) is 0 Å². The lowest BCUT2D eigenvalue weighted by Crippen LogP contribution is -2.22. The molecule has 3 aromatic rings. The highest BCUT2D eigenvalue weighted by Gasteiger charge is 2.09. The summed E-state index contributed by atoms with van der Waals surface area (Å²) in [7, 11) is 0. The second-order valence-electron chi connectivity index (χ2n) is 4.53. The van der Waals surface area contributed by atoms with Gasteiger partial charge in [0.05, 0.1) is 17.9 Å². The molecule has 0 saturated carbocycles. The monoisotopic (exact) mass is 329 g/mol. The van der Waals surface area contributed by atoms with E-state index in [4.69, 9.17) is 11.6 Å². The Hall–Kier alpha value is -2.24. The Bertz CT molecular complexity index is 789. The van der Waals surface area contributed by atoms with Crippen LogP contribution in [0, 0.1) is 0 Å². The molecule has 2 aromatic heterocycles. The van der Waals surface area contributed by atoms with Crippen LogP contribution in [0.25, 0.3) is 11.4 Å². The summed E-state index contributed by atoms with van der Waals surface area (Å²) in [5.41, 5.74) is 2.18. The average molecular weight is 330 g/mol. The van der Waals surface area contributed by atoms with Gasteiger partial charge in [0.15, 0.2) is 0 Å². The van der Waals surface area contributed by atoms with Crippen LogP contribution < -0.4 is 5.32 Å². The smallest absolute Gasteiger partial charge is 0.251 e. The molecule has 6 heteroatoms. The first-order chi connectivity index (χ1) is 10.7. The SMILES string of the molecule is O=C(NCc1nc(-c2ccccn2)cs1)c1cccc(Cl)c1. The average Bonchev–Trinajstić information content (AvgIpc) is 3.02. The zero-order valence-corrected chi connectivity index (χ0v) is 13.1. The van der Waals surface area contributed by atoms with Gasteiger partial charge in [-0.25, -0.2) is 4.98 Å². The van der Waals surface area contributed by atoms with E-state index in [0.717, 1.165) is 16.4 Å². The zero-order valence-electron chi connectivity index (χ0n) is 11.5. The summed E-state index contributed by atoms with van der Waals surface area (Å²) in [5, 5.41) is 6.14. The molecule has 0 aliphatic heterocycles. The Balaban J connectivity index is 1.65. The molecular formula is C16H12ClN3OS. The van der Waals surface area contributed by atoms with Gasteiger partial charge in [-0.05, 0) is 30.3 Å². The highest BCUT2D eigenvalue weighted by atomic mass is 35.5. The number of hydrogen-bond acceptors (Lipinski definition) is 4. The molecule has 0 spiro atoms. The van der Waals surface area contributed by atoms with Crippen LogP contribution in [0.1, 0.15) is 15.4 Å². The highest BCUT2D eigenvalue weighted by Crippen LogP contribution is 2.19. The lowest BCUT2D eigenvalue weighted by atomic mass is 10.2. The van der Waals surface area contributed by atoms with Gasteiger partial charge in [-0.1, -0.05) is 23.7 Å². The Morgan fingerprint density at radius 2 is 2.09 bits per heavy atom. The summed E-state index contributed by atoms with van der Waals surface area (Å²) < 4.78 is 0. The molecule has 110 valence electrons. The van der Waals surface area contributed by atoms with Crippen LogP contribution in [-0.4, -0.2) is 15.9 Å². The van der Waals surface area contributed by atoms with Gasteiger partial charge < -0.3 is 5.32 Å². The molecule has 0 atom stereocenters. The van der Waals surface area contributed by atoms with Crippen molar-refractivity contribution in [2.45, 2.75) is 6.54 Å². The summed E-state index contributed by atoms with van der Waals surface area (Å²) in [6.45, 7) is 0.378. The van der Waals surface area contributed by atoms with Gasteiger partial charge in [-0.15, -0.1) is 11.3 Å². The maximum atomic E-state index is 12.0. The molecule has 2 heterocycles. The molecule has 4 nitrogen and oxygen atoms in total. The summed E-state index contributed by atoms with van der Waals surface area (Å²) >= 11 is 7.37. The fraction of sp³-hybridized carbons (Fsp3) is 0.0625. The third-order valence-corrected chi connectivity index (χ3v) is 4.05. The van der Waals surface area contributed by atoms with Crippen LogP contribution in [0.5, 0.6) is 0 Å². The van der Waals surface area contributed by atoms with Gasteiger partial charge in [0, 0.05) is 22.2 Å². The Morgan fingerprint density at radius 1 is 1.18 bits per heavy atom. The third kappa shape index (κ3) is 3.50.